The van der Waals surface area contributed by atoms with Gasteiger partial charge >= 0.3 is 0 Å². The van der Waals surface area contributed by atoms with Crippen LogP contribution in [0.2, 0.25) is 0 Å². The van der Waals surface area contributed by atoms with E-state index in [0.717, 1.165) is 22.4 Å². The van der Waals surface area contributed by atoms with Gasteiger partial charge in [-0.05, 0) is 66.8 Å². The summed E-state index contributed by atoms with van der Waals surface area (Å²) in [5, 5.41) is 4.10. The summed E-state index contributed by atoms with van der Waals surface area (Å²) in [5.74, 6) is 1.58. The molecule has 0 aromatic heterocycles. The number of hydrazone groups is 1. The first-order chi connectivity index (χ1) is 12.5. The number of methoxy groups -OCH3 is 1. The van der Waals surface area contributed by atoms with E-state index in [1.807, 2.05) is 19.9 Å². The number of amides is 1. The van der Waals surface area contributed by atoms with E-state index >= 15 is 0 Å². The van der Waals surface area contributed by atoms with Crippen molar-refractivity contribution >= 4 is 12.1 Å². The Bertz CT molecular complexity index is 798. The summed E-state index contributed by atoms with van der Waals surface area (Å²) in [5.41, 5.74) is 6.16. The molecule has 138 valence electrons. The molecule has 0 aliphatic carbocycles. The van der Waals surface area contributed by atoms with Crippen molar-refractivity contribution in [2.24, 2.45) is 5.10 Å². The Kier molecular flexibility index (Phi) is 6.78. The van der Waals surface area contributed by atoms with Crippen molar-refractivity contribution in [1.29, 1.82) is 0 Å². The third kappa shape index (κ3) is 4.85. The van der Waals surface area contributed by atoms with Gasteiger partial charge in [0.2, 0.25) is 0 Å². The molecular weight excluding hydrogens is 328 g/mol. The van der Waals surface area contributed by atoms with Gasteiger partial charge in [-0.25, -0.2) is 5.43 Å². The SMILES string of the molecule is CCOc1cc(C)c(/C=N\NC(=O)c2cccc(OC)c2)cc1C(C)C. The average molecular weight is 354 g/mol. The molecule has 0 heterocycles. The number of carbonyl (C=O) groups excluding carboxylic acids is 1. The van der Waals surface area contributed by atoms with Crippen molar-refractivity contribution in [2.45, 2.75) is 33.6 Å². The van der Waals surface area contributed by atoms with E-state index in [2.05, 4.69) is 30.4 Å². The fourth-order valence-electron chi connectivity index (χ4n) is 2.58. The Labute approximate surface area is 155 Å². The molecule has 2 aromatic rings. The van der Waals surface area contributed by atoms with Crippen molar-refractivity contribution < 1.29 is 14.3 Å². The fourth-order valence-corrected chi connectivity index (χ4v) is 2.58. The Hall–Kier alpha value is -2.82. The standard InChI is InChI=1S/C21H26N2O3/c1-6-26-20-10-15(4)17(12-19(20)14(2)3)13-22-23-21(24)16-8-7-9-18(11-16)25-5/h7-14H,6H2,1-5H3,(H,23,24)/b22-13-. The van der Waals surface area contributed by atoms with Gasteiger partial charge in [0.25, 0.3) is 5.91 Å². The Morgan fingerprint density at radius 2 is 2.04 bits per heavy atom. The molecule has 0 spiro atoms. The molecule has 0 radical (unpaired) electrons. The molecule has 1 N–H and O–H groups in total. The number of hydrogen-bond donors (Lipinski definition) is 1. The Morgan fingerprint density at radius 3 is 2.69 bits per heavy atom. The Balaban J connectivity index is 2.16. The first-order valence-corrected chi connectivity index (χ1v) is 8.71. The van der Waals surface area contributed by atoms with Gasteiger partial charge in [-0.3, -0.25) is 4.79 Å². The van der Waals surface area contributed by atoms with Crippen LogP contribution in [0.3, 0.4) is 0 Å². The second-order valence-corrected chi connectivity index (χ2v) is 6.27. The lowest BCUT2D eigenvalue weighted by molar-refractivity contribution is 0.0955. The molecule has 0 atom stereocenters. The number of nitrogens with zero attached hydrogens (tertiary/aromatic N) is 1. The van der Waals surface area contributed by atoms with Gasteiger partial charge in [0.1, 0.15) is 11.5 Å². The Morgan fingerprint density at radius 1 is 1.27 bits per heavy atom. The zero-order valence-electron chi connectivity index (χ0n) is 16.0. The second-order valence-electron chi connectivity index (χ2n) is 6.27. The summed E-state index contributed by atoms with van der Waals surface area (Å²) in [6.45, 7) is 8.85. The number of ether oxygens (including phenoxy) is 2. The number of benzene rings is 2. The van der Waals surface area contributed by atoms with Gasteiger partial charge in [0, 0.05) is 5.56 Å². The summed E-state index contributed by atoms with van der Waals surface area (Å²) >= 11 is 0. The lowest BCUT2D eigenvalue weighted by Gasteiger charge is -2.15. The van der Waals surface area contributed by atoms with Gasteiger partial charge in [-0.2, -0.15) is 5.10 Å². The van der Waals surface area contributed by atoms with E-state index in [0.29, 0.717) is 23.8 Å². The number of carbonyl (C=O) groups is 1. The highest BCUT2D eigenvalue weighted by Crippen LogP contribution is 2.29. The van der Waals surface area contributed by atoms with E-state index in [-0.39, 0.29) is 5.91 Å². The quantitative estimate of drug-likeness (QED) is 0.596. The van der Waals surface area contributed by atoms with Gasteiger partial charge < -0.3 is 9.47 Å². The molecule has 1 amide bonds. The molecule has 0 saturated carbocycles. The van der Waals surface area contributed by atoms with Crippen LogP contribution in [0.1, 0.15) is 53.7 Å². The topological polar surface area (TPSA) is 59.9 Å². The first-order valence-electron chi connectivity index (χ1n) is 8.71. The van der Waals surface area contributed by atoms with E-state index in [1.54, 1.807) is 37.6 Å². The molecule has 2 aromatic carbocycles. The van der Waals surface area contributed by atoms with Crippen LogP contribution in [0, 0.1) is 6.92 Å². The zero-order chi connectivity index (χ0) is 19.1. The second kappa shape index (κ2) is 9.04. The summed E-state index contributed by atoms with van der Waals surface area (Å²) in [6.07, 6.45) is 1.66. The molecule has 5 heteroatoms. The van der Waals surface area contributed by atoms with Crippen molar-refractivity contribution in [3.63, 3.8) is 0 Å². The van der Waals surface area contributed by atoms with Gasteiger partial charge in [-0.15, -0.1) is 0 Å². The highest BCUT2D eigenvalue weighted by molar-refractivity contribution is 5.95. The van der Waals surface area contributed by atoms with Crippen LogP contribution in [-0.2, 0) is 0 Å². The molecule has 0 unspecified atom stereocenters. The van der Waals surface area contributed by atoms with Crippen LogP contribution in [-0.4, -0.2) is 25.8 Å². The number of hydrogen-bond acceptors (Lipinski definition) is 4. The average Bonchev–Trinajstić information content (AvgIpc) is 2.63. The maximum absolute atomic E-state index is 12.2. The third-order valence-electron chi connectivity index (χ3n) is 4.02. The summed E-state index contributed by atoms with van der Waals surface area (Å²) in [4.78, 5) is 12.2. The largest absolute Gasteiger partial charge is 0.497 e. The molecule has 0 saturated heterocycles. The lowest BCUT2D eigenvalue weighted by Crippen LogP contribution is -2.17. The van der Waals surface area contributed by atoms with Crippen molar-refractivity contribution in [2.75, 3.05) is 13.7 Å². The van der Waals surface area contributed by atoms with E-state index < -0.39 is 0 Å². The minimum atomic E-state index is -0.284. The summed E-state index contributed by atoms with van der Waals surface area (Å²) < 4.78 is 10.9. The predicted molar refractivity (Wildman–Crippen MR) is 104 cm³/mol. The van der Waals surface area contributed by atoms with Gasteiger partial charge in [-0.1, -0.05) is 19.9 Å². The fraction of sp³-hybridized carbons (Fsp3) is 0.333. The van der Waals surface area contributed by atoms with E-state index in [4.69, 9.17) is 9.47 Å². The lowest BCUT2D eigenvalue weighted by atomic mass is 9.97. The van der Waals surface area contributed by atoms with Crippen molar-refractivity contribution in [3.8, 4) is 11.5 Å². The molecule has 0 bridgehead atoms. The summed E-state index contributed by atoms with van der Waals surface area (Å²) in [6, 6.07) is 11.0. The van der Waals surface area contributed by atoms with Crippen LogP contribution < -0.4 is 14.9 Å². The van der Waals surface area contributed by atoms with Crippen LogP contribution in [0.5, 0.6) is 11.5 Å². The molecular formula is C21H26N2O3. The molecule has 5 nitrogen and oxygen atoms in total. The van der Waals surface area contributed by atoms with Crippen LogP contribution >= 0.6 is 0 Å². The van der Waals surface area contributed by atoms with Gasteiger partial charge in [0.05, 0.1) is 19.9 Å². The molecule has 0 aliphatic rings. The zero-order valence-corrected chi connectivity index (χ0v) is 16.0. The molecule has 26 heavy (non-hydrogen) atoms. The normalized spacial score (nSPS) is 11.0. The molecule has 0 fully saturated rings. The number of rotatable bonds is 7. The monoisotopic (exact) mass is 354 g/mol. The highest BCUT2D eigenvalue weighted by Gasteiger charge is 2.11. The van der Waals surface area contributed by atoms with E-state index in [1.165, 1.54) is 0 Å². The predicted octanol–water partition coefficient (Wildman–Crippen LogP) is 4.29. The number of nitrogens with one attached hydrogen (secondary N) is 1. The maximum atomic E-state index is 12.2. The first kappa shape index (κ1) is 19.5. The minimum Gasteiger partial charge on any atom is -0.497 e. The van der Waals surface area contributed by atoms with Crippen LogP contribution in [0.4, 0.5) is 0 Å². The third-order valence-corrected chi connectivity index (χ3v) is 4.02. The van der Waals surface area contributed by atoms with Crippen molar-refractivity contribution in [1.82, 2.24) is 5.43 Å². The van der Waals surface area contributed by atoms with Crippen LogP contribution in [0.25, 0.3) is 0 Å². The van der Waals surface area contributed by atoms with E-state index in [9.17, 15) is 4.79 Å². The number of aryl methyl sites for hydroxylation is 1. The van der Waals surface area contributed by atoms with Crippen molar-refractivity contribution in [3.05, 3.63) is 58.7 Å². The molecule has 0 aliphatic heterocycles. The minimum absolute atomic E-state index is 0.284. The highest BCUT2D eigenvalue weighted by atomic mass is 16.5. The molecule has 2 rings (SSSR count). The van der Waals surface area contributed by atoms with Gasteiger partial charge in [0.15, 0.2) is 0 Å². The van der Waals surface area contributed by atoms with Crippen LogP contribution in [0.15, 0.2) is 41.5 Å². The smallest absolute Gasteiger partial charge is 0.271 e. The summed E-state index contributed by atoms with van der Waals surface area (Å²) in [7, 11) is 1.57. The maximum Gasteiger partial charge on any atom is 0.271 e.